The molecule has 0 spiro atoms. The average molecular weight is 621 g/mol. The molecule has 242 valence electrons. The molecule has 4 aromatic rings. The van der Waals surface area contributed by atoms with E-state index in [0.717, 1.165) is 60.3 Å². The Hall–Kier alpha value is -4.46. The second-order valence-corrected chi connectivity index (χ2v) is 12.3. The molecular formula is C38H52N8+2. The Kier molecular flexibility index (Phi) is 14.3. The smallest absolute Gasteiger partial charge is 0.350 e. The number of benzene rings is 2. The average Bonchev–Trinajstić information content (AvgIpc) is 3.08. The van der Waals surface area contributed by atoms with Gasteiger partial charge in [0.05, 0.1) is 35.7 Å². The predicted octanol–water partition coefficient (Wildman–Crippen LogP) is 9.83. The third-order valence-corrected chi connectivity index (χ3v) is 8.15. The third kappa shape index (κ3) is 11.8. The second-order valence-electron chi connectivity index (χ2n) is 12.3. The normalized spacial score (nSPS) is 11.5. The van der Waals surface area contributed by atoms with E-state index < -0.39 is 0 Å². The van der Waals surface area contributed by atoms with Crippen molar-refractivity contribution >= 4 is 34.4 Å². The maximum absolute atomic E-state index is 4.53. The first kappa shape index (κ1) is 34.4. The monoisotopic (exact) mass is 620 g/mol. The van der Waals surface area contributed by atoms with Gasteiger partial charge in [0.2, 0.25) is 0 Å². The molecule has 4 rings (SSSR count). The summed E-state index contributed by atoms with van der Waals surface area (Å²) in [7, 11) is 8.15. The summed E-state index contributed by atoms with van der Waals surface area (Å²) in [6.07, 6.45) is 16.9. The van der Waals surface area contributed by atoms with Gasteiger partial charge < -0.3 is 9.80 Å². The van der Waals surface area contributed by atoms with E-state index in [9.17, 15) is 0 Å². The van der Waals surface area contributed by atoms with Gasteiger partial charge in [0.15, 0.2) is 0 Å². The molecule has 0 aliphatic heterocycles. The van der Waals surface area contributed by atoms with Gasteiger partial charge in [-0.05, 0) is 96.6 Å². The molecule has 0 saturated carbocycles. The van der Waals surface area contributed by atoms with Crippen LogP contribution in [0.2, 0.25) is 0 Å². The summed E-state index contributed by atoms with van der Waals surface area (Å²) in [5, 5.41) is 18.0. The van der Waals surface area contributed by atoms with Crippen LogP contribution in [-0.2, 0) is 13.1 Å². The zero-order valence-corrected chi connectivity index (χ0v) is 28.3. The summed E-state index contributed by atoms with van der Waals surface area (Å²) >= 11 is 0. The van der Waals surface area contributed by atoms with Crippen molar-refractivity contribution in [1.29, 1.82) is 0 Å². The van der Waals surface area contributed by atoms with Crippen molar-refractivity contribution in [2.75, 3.05) is 38.0 Å². The van der Waals surface area contributed by atoms with Crippen molar-refractivity contribution < 1.29 is 9.13 Å². The summed E-state index contributed by atoms with van der Waals surface area (Å²) in [6, 6.07) is 28.6. The van der Waals surface area contributed by atoms with Crippen molar-refractivity contribution in [2.45, 2.75) is 77.3 Å². The van der Waals surface area contributed by atoms with Crippen LogP contribution < -0.4 is 18.9 Å². The van der Waals surface area contributed by atoms with Crippen LogP contribution >= 0.6 is 0 Å². The number of anilines is 2. The summed E-state index contributed by atoms with van der Waals surface area (Å²) < 4.78 is 4.42. The minimum Gasteiger partial charge on any atom is -0.378 e. The molecule has 2 heterocycles. The number of azo groups is 2. The first-order chi connectivity index (χ1) is 22.5. The lowest BCUT2D eigenvalue weighted by Crippen LogP contribution is -2.33. The highest BCUT2D eigenvalue weighted by atomic mass is 15.2. The number of unbranched alkanes of at least 4 members (excludes halogenated alkanes) is 9. The molecule has 0 radical (unpaired) electrons. The fourth-order valence-corrected chi connectivity index (χ4v) is 5.33. The summed E-state index contributed by atoms with van der Waals surface area (Å²) in [6.45, 7) is 1.95. The molecular weight excluding hydrogens is 568 g/mol. The second kappa shape index (κ2) is 19.1. The van der Waals surface area contributed by atoms with Gasteiger partial charge in [0, 0.05) is 51.7 Å². The number of hydrogen-bond acceptors (Lipinski definition) is 6. The molecule has 2 aromatic carbocycles. The van der Waals surface area contributed by atoms with Gasteiger partial charge in [-0.1, -0.05) is 50.7 Å². The zero-order valence-electron chi connectivity index (χ0n) is 28.3. The standard InChI is InChI=1S/C38H52N8/c1-43(2)35-25-21-33(22-26-35)39-41-37-19-13-17-31-45(37)29-15-11-9-7-5-6-8-10-12-16-30-46-32-18-14-20-38(46)42-40-34-23-27-36(28-24-34)44(3)4/h13-14,17-28,31-32H,5-12,15-16,29-30H2,1-4H3/q+2. The topological polar surface area (TPSA) is 63.7 Å². The molecule has 46 heavy (non-hydrogen) atoms. The van der Waals surface area contributed by atoms with Gasteiger partial charge in [0.25, 0.3) is 0 Å². The van der Waals surface area contributed by atoms with Crippen LogP contribution in [0.3, 0.4) is 0 Å². The predicted molar refractivity (Wildman–Crippen MR) is 189 cm³/mol. The van der Waals surface area contributed by atoms with Crippen molar-refractivity contribution in [3.8, 4) is 0 Å². The Morgan fingerprint density at radius 1 is 0.413 bits per heavy atom. The quantitative estimate of drug-likeness (QED) is 0.0595. The van der Waals surface area contributed by atoms with Gasteiger partial charge in [-0.2, -0.15) is 0 Å². The Balaban J connectivity index is 1.05. The molecule has 0 amide bonds. The van der Waals surface area contributed by atoms with Crippen LogP contribution in [0.25, 0.3) is 0 Å². The van der Waals surface area contributed by atoms with Gasteiger partial charge in [-0.3, -0.25) is 0 Å². The molecule has 0 saturated heterocycles. The molecule has 0 fully saturated rings. The molecule has 0 aliphatic rings. The molecule has 8 nitrogen and oxygen atoms in total. The lowest BCUT2D eigenvalue weighted by Gasteiger charge is -2.11. The van der Waals surface area contributed by atoms with Crippen LogP contribution in [0.15, 0.2) is 118 Å². The minimum atomic E-state index is 0.867. The Labute approximate surface area is 276 Å². The SMILES string of the molecule is CN(C)c1ccc(/N=N/c2cccc[n+]2CCCCCCCCCCCC[n+]2ccccc2/N=N/c2ccc(N(C)C)cc2)cc1. The summed E-state index contributed by atoms with van der Waals surface area (Å²) in [5.41, 5.74) is 4.05. The zero-order chi connectivity index (χ0) is 32.4. The highest BCUT2D eigenvalue weighted by molar-refractivity contribution is 5.52. The van der Waals surface area contributed by atoms with E-state index in [4.69, 9.17) is 0 Å². The molecule has 0 unspecified atom stereocenters. The molecule has 8 heteroatoms. The van der Waals surface area contributed by atoms with Crippen molar-refractivity contribution in [3.05, 3.63) is 97.3 Å². The Morgan fingerprint density at radius 3 is 1.11 bits per heavy atom. The molecule has 0 atom stereocenters. The molecule has 0 N–H and O–H groups in total. The maximum atomic E-state index is 4.53. The molecule has 0 aliphatic carbocycles. The lowest BCUT2D eigenvalue weighted by atomic mass is 10.1. The van der Waals surface area contributed by atoms with Crippen molar-refractivity contribution in [1.82, 2.24) is 0 Å². The van der Waals surface area contributed by atoms with E-state index in [1.165, 1.54) is 51.4 Å². The van der Waals surface area contributed by atoms with E-state index in [-0.39, 0.29) is 0 Å². The first-order valence-corrected chi connectivity index (χ1v) is 16.8. The van der Waals surface area contributed by atoms with E-state index >= 15 is 0 Å². The van der Waals surface area contributed by atoms with Crippen molar-refractivity contribution in [3.63, 3.8) is 0 Å². The van der Waals surface area contributed by atoms with E-state index in [1.54, 1.807) is 0 Å². The van der Waals surface area contributed by atoms with Gasteiger partial charge in [-0.25, -0.2) is 9.13 Å². The van der Waals surface area contributed by atoms with Crippen LogP contribution in [0.4, 0.5) is 34.4 Å². The Bertz CT molecular complexity index is 1380. The van der Waals surface area contributed by atoms with E-state index in [1.807, 2.05) is 76.7 Å². The minimum absolute atomic E-state index is 0.867. The van der Waals surface area contributed by atoms with Crippen LogP contribution in [0.1, 0.15) is 64.2 Å². The molecule has 2 aromatic heterocycles. The van der Waals surface area contributed by atoms with Crippen LogP contribution in [-0.4, -0.2) is 28.2 Å². The lowest BCUT2D eigenvalue weighted by molar-refractivity contribution is -0.685. The maximum Gasteiger partial charge on any atom is 0.350 e. The number of nitrogens with zero attached hydrogens (tertiary/aromatic N) is 8. The molecule has 0 bridgehead atoms. The number of rotatable bonds is 19. The number of pyridine rings is 2. The largest absolute Gasteiger partial charge is 0.378 e. The van der Waals surface area contributed by atoms with E-state index in [0.29, 0.717) is 0 Å². The fourth-order valence-electron chi connectivity index (χ4n) is 5.33. The highest BCUT2D eigenvalue weighted by Crippen LogP contribution is 2.21. The third-order valence-electron chi connectivity index (χ3n) is 8.15. The number of aromatic nitrogens is 2. The van der Waals surface area contributed by atoms with Gasteiger partial charge in [0.1, 0.15) is 11.4 Å². The van der Waals surface area contributed by atoms with Crippen LogP contribution in [0, 0.1) is 0 Å². The van der Waals surface area contributed by atoms with Crippen LogP contribution in [0.5, 0.6) is 0 Å². The summed E-state index contributed by atoms with van der Waals surface area (Å²) in [5.74, 6) is 1.80. The number of hydrogen-bond donors (Lipinski definition) is 0. The van der Waals surface area contributed by atoms with Gasteiger partial charge >= 0.3 is 11.6 Å². The summed E-state index contributed by atoms with van der Waals surface area (Å²) in [4.78, 5) is 4.16. The van der Waals surface area contributed by atoms with Gasteiger partial charge in [-0.15, -0.1) is 0 Å². The van der Waals surface area contributed by atoms with E-state index in [2.05, 4.69) is 88.2 Å². The number of aryl methyl sites for hydroxylation is 2. The Morgan fingerprint density at radius 2 is 0.761 bits per heavy atom. The first-order valence-electron chi connectivity index (χ1n) is 16.8. The van der Waals surface area contributed by atoms with Crippen molar-refractivity contribution in [2.24, 2.45) is 20.5 Å². The fraction of sp³-hybridized carbons (Fsp3) is 0.421. The highest BCUT2D eigenvalue weighted by Gasteiger charge is 2.10.